The molecule has 3 N–H and O–H groups in total. The molecule has 2 heterocycles. The number of nitrogens with zero attached hydrogens (tertiary/aromatic N) is 5. The van der Waals surface area contributed by atoms with Gasteiger partial charge in [0.1, 0.15) is 5.69 Å². The van der Waals surface area contributed by atoms with Crippen molar-refractivity contribution >= 4 is 74.0 Å². The Morgan fingerprint density at radius 1 is 1.10 bits per heavy atom. The molecule has 0 atom stereocenters. The van der Waals surface area contributed by atoms with E-state index in [-0.39, 0.29) is 11.7 Å². The summed E-state index contributed by atoms with van der Waals surface area (Å²) in [5.74, 6) is -1.44. The first-order valence-electron chi connectivity index (χ1n) is 11.2. The maximum Gasteiger partial charge on any atom is 0.439 e. The van der Waals surface area contributed by atoms with E-state index in [4.69, 9.17) is 17.1 Å². The second-order valence-corrected chi connectivity index (χ2v) is 9.83. The number of carbonyl (C=O) groups excluding carboxylic acids is 2. The number of nitrogens with one attached hydrogen (secondary N) is 3. The topological polar surface area (TPSA) is 171 Å². The Morgan fingerprint density at radius 2 is 1.90 bits per heavy atom. The Morgan fingerprint density at radius 3 is 2.62 bits per heavy atom. The molecule has 0 bridgehead atoms. The van der Waals surface area contributed by atoms with Crippen LogP contribution in [0.15, 0.2) is 75.1 Å². The molecule has 0 fully saturated rings. The first-order chi connectivity index (χ1) is 18.7. The van der Waals surface area contributed by atoms with Crippen LogP contribution in [0.25, 0.3) is 32.7 Å². The number of H-pyrrole nitrogens is 1. The molecule has 2 amide bonds. The second-order valence-electron chi connectivity index (χ2n) is 8.23. The summed E-state index contributed by atoms with van der Waals surface area (Å²) >= 11 is 8.11. The summed E-state index contributed by atoms with van der Waals surface area (Å²) < 4.78 is 6.89. The van der Waals surface area contributed by atoms with Crippen LogP contribution in [0.4, 0.5) is 17.1 Å². The fraction of sp³-hybridized carbons (Fsp3) is 0.0400. The van der Waals surface area contributed by atoms with Crippen molar-refractivity contribution in [1.29, 1.82) is 0 Å². The summed E-state index contributed by atoms with van der Waals surface area (Å²) in [4.78, 5) is 43.0. The van der Waals surface area contributed by atoms with Gasteiger partial charge in [0, 0.05) is 37.1 Å². The van der Waals surface area contributed by atoms with Gasteiger partial charge < -0.3 is 15.2 Å². The molecule has 3 aromatic carbocycles. The average molecular weight is 655 g/mol. The van der Waals surface area contributed by atoms with Crippen LogP contribution in [0.3, 0.4) is 0 Å². The van der Waals surface area contributed by atoms with Crippen molar-refractivity contribution in [2.45, 2.75) is 0 Å². The lowest BCUT2D eigenvalue weighted by molar-refractivity contribution is 0.101. The summed E-state index contributed by atoms with van der Waals surface area (Å²) in [6.07, 6.45) is 0. The first kappa shape index (κ1) is 26.0. The van der Waals surface area contributed by atoms with Crippen LogP contribution in [0.2, 0.25) is 5.02 Å². The number of aromatic nitrogens is 3. The van der Waals surface area contributed by atoms with Gasteiger partial charge in [0.25, 0.3) is 11.8 Å². The summed E-state index contributed by atoms with van der Waals surface area (Å²) in [7, 11) is 1.71. The number of anilines is 2. The van der Waals surface area contributed by atoms with E-state index in [1.807, 2.05) is 28.7 Å². The highest BCUT2D eigenvalue weighted by atomic mass is 127. The van der Waals surface area contributed by atoms with Crippen molar-refractivity contribution in [1.82, 2.24) is 14.7 Å². The van der Waals surface area contributed by atoms with Crippen LogP contribution in [-0.2, 0) is 7.05 Å². The van der Waals surface area contributed by atoms with Gasteiger partial charge in [-0.3, -0.25) is 19.1 Å². The van der Waals surface area contributed by atoms with Crippen molar-refractivity contribution in [2.75, 3.05) is 10.6 Å². The van der Waals surface area contributed by atoms with Gasteiger partial charge in [0.2, 0.25) is 0 Å². The monoisotopic (exact) mass is 654 g/mol. The third-order valence-electron chi connectivity index (χ3n) is 5.82. The summed E-state index contributed by atoms with van der Waals surface area (Å²) in [6, 6.07) is 16.5. The Bertz CT molecular complexity index is 1890. The summed E-state index contributed by atoms with van der Waals surface area (Å²) in [5, 5.41) is 14.1. The second kappa shape index (κ2) is 10.6. The van der Waals surface area contributed by atoms with Crippen molar-refractivity contribution in [3.05, 3.63) is 102 Å². The number of aromatic amines is 1. The fourth-order valence-corrected chi connectivity index (χ4v) is 4.86. The van der Waals surface area contributed by atoms with E-state index >= 15 is 0 Å². The molecule has 0 saturated carbocycles. The highest BCUT2D eigenvalue weighted by molar-refractivity contribution is 14.1. The zero-order valence-electron chi connectivity index (χ0n) is 19.9. The lowest BCUT2D eigenvalue weighted by Gasteiger charge is -2.12. The molecule has 0 unspecified atom stereocenters. The Kier molecular flexibility index (Phi) is 7.11. The van der Waals surface area contributed by atoms with E-state index < -0.39 is 11.7 Å². The predicted molar refractivity (Wildman–Crippen MR) is 154 cm³/mol. The van der Waals surface area contributed by atoms with E-state index in [2.05, 4.69) is 35.3 Å². The number of fused-ring (bicyclic) bond motifs is 1. The standard InChI is InChI=1S/C25H16ClIN8O4/c1-35-20(24(37)29-17-8-6-14(26)11-15(17)22-31-25(38)39-33-22)10-12-3-2-4-19(21(12)35)30-23(36)13-5-7-18(32-34-28)16(27)9-13/h2-11H,1H3,(H,29,37)(H,30,36)(H,31,33,38). The molecular formula is C25H16ClIN8O4. The first-order valence-corrected chi connectivity index (χ1v) is 12.6. The van der Waals surface area contributed by atoms with E-state index in [1.165, 1.54) is 0 Å². The minimum Gasteiger partial charge on any atom is -0.338 e. The van der Waals surface area contributed by atoms with Gasteiger partial charge in [-0.15, -0.1) is 0 Å². The number of halogens is 2. The largest absolute Gasteiger partial charge is 0.439 e. The predicted octanol–water partition coefficient (Wildman–Crippen LogP) is 6.23. The number of amides is 2. The molecule has 0 aliphatic carbocycles. The highest BCUT2D eigenvalue weighted by Gasteiger charge is 2.20. The van der Waals surface area contributed by atoms with Crippen LogP contribution in [-0.4, -0.2) is 26.5 Å². The zero-order chi connectivity index (χ0) is 27.7. The molecule has 0 radical (unpaired) electrons. The van der Waals surface area contributed by atoms with Gasteiger partial charge in [0.05, 0.1) is 22.6 Å². The number of azide groups is 1. The smallest absolute Gasteiger partial charge is 0.338 e. The molecular weight excluding hydrogens is 639 g/mol. The van der Waals surface area contributed by atoms with Crippen molar-refractivity contribution in [3.8, 4) is 11.4 Å². The number of rotatable bonds is 6. The normalized spacial score (nSPS) is 10.7. The fourth-order valence-electron chi connectivity index (χ4n) is 4.06. The quantitative estimate of drug-likeness (QED) is 0.0852. The molecule has 14 heteroatoms. The lowest BCUT2D eigenvalue weighted by Crippen LogP contribution is -2.17. The number of hydrogen-bond acceptors (Lipinski definition) is 6. The Hall–Kier alpha value is -4.59. The summed E-state index contributed by atoms with van der Waals surface area (Å²) in [6.45, 7) is 0. The van der Waals surface area contributed by atoms with Crippen LogP contribution in [0.1, 0.15) is 20.8 Å². The maximum absolute atomic E-state index is 13.4. The minimum atomic E-state index is -0.744. The van der Waals surface area contributed by atoms with Crippen LogP contribution in [0, 0.1) is 3.57 Å². The third kappa shape index (κ3) is 5.23. The maximum atomic E-state index is 13.4. The molecule has 0 aliphatic rings. The number of aryl methyl sites for hydroxylation is 1. The number of hydrogen-bond donors (Lipinski definition) is 3. The molecule has 0 aliphatic heterocycles. The Labute approximate surface area is 237 Å². The van der Waals surface area contributed by atoms with E-state index in [1.54, 1.807) is 66.2 Å². The van der Waals surface area contributed by atoms with Gasteiger partial charge >= 0.3 is 5.76 Å². The van der Waals surface area contributed by atoms with Gasteiger partial charge in [-0.05, 0) is 70.6 Å². The van der Waals surface area contributed by atoms with Crippen molar-refractivity contribution < 1.29 is 14.1 Å². The molecule has 2 aromatic heterocycles. The van der Waals surface area contributed by atoms with Crippen LogP contribution < -0.4 is 16.4 Å². The van der Waals surface area contributed by atoms with Crippen LogP contribution in [0.5, 0.6) is 0 Å². The number of benzene rings is 3. The zero-order valence-corrected chi connectivity index (χ0v) is 22.8. The number of carbonyl (C=O) groups is 2. The third-order valence-corrected chi connectivity index (χ3v) is 6.92. The van der Waals surface area contributed by atoms with Crippen molar-refractivity contribution in [3.63, 3.8) is 0 Å². The molecule has 5 rings (SSSR count). The molecule has 0 saturated heterocycles. The van der Waals surface area contributed by atoms with E-state index in [0.29, 0.717) is 48.0 Å². The highest BCUT2D eigenvalue weighted by Crippen LogP contribution is 2.31. The van der Waals surface area contributed by atoms with E-state index in [9.17, 15) is 14.4 Å². The molecule has 0 spiro atoms. The minimum absolute atomic E-state index is 0.113. The summed E-state index contributed by atoms with van der Waals surface area (Å²) in [5.41, 5.74) is 11.6. The molecule has 5 aromatic rings. The average Bonchev–Trinajstić information content (AvgIpc) is 3.50. The van der Waals surface area contributed by atoms with Crippen LogP contribution >= 0.6 is 34.2 Å². The van der Waals surface area contributed by atoms with Gasteiger partial charge in [-0.2, -0.15) is 0 Å². The number of para-hydroxylation sites is 1. The van der Waals surface area contributed by atoms with Gasteiger partial charge in [-0.1, -0.05) is 40.1 Å². The van der Waals surface area contributed by atoms with Gasteiger partial charge in [-0.25, -0.2) is 4.79 Å². The van der Waals surface area contributed by atoms with Gasteiger partial charge in [0.15, 0.2) is 5.82 Å². The molecule has 39 heavy (non-hydrogen) atoms. The molecule has 12 nitrogen and oxygen atoms in total. The van der Waals surface area contributed by atoms with E-state index in [0.717, 1.165) is 5.39 Å². The SMILES string of the molecule is Cn1c(C(=O)Nc2ccc(Cl)cc2-c2noc(=O)[nH]2)cc2cccc(NC(=O)c3ccc(N=[N+]=[N-])c(I)c3)c21. The van der Waals surface area contributed by atoms with Crippen molar-refractivity contribution in [2.24, 2.45) is 12.2 Å². The lowest BCUT2D eigenvalue weighted by atomic mass is 10.1. The Balaban J connectivity index is 1.45. The molecule has 194 valence electrons.